The molecule has 2 rings (SSSR count). The van der Waals surface area contributed by atoms with Gasteiger partial charge in [-0.05, 0) is 71.4 Å². The lowest BCUT2D eigenvalue weighted by Crippen LogP contribution is -2.28. The fraction of sp³-hybridized carbons (Fsp3) is 0.625. The van der Waals surface area contributed by atoms with Crippen LogP contribution in [0.15, 0.2) is 18.2 Å². The van der Waals surface area contributed by atoms with Crippen molar-refractivity contribution in [3.8, 4) is 0 Å². The van der Waals surface area contributed by atoms with E-state index in [0.29, 0.717) is 5.41 Å². The average molecular weight is 372 g/mol. The Kier molecular flexibility index (Phi) is 4.98. The van der Waals surface area contributed by atoms with Gasteiger partial charge in [-0.2, -0.15) is 0 Å². The van der Waals surface area contributed by atoms with Gasteiger partial charge >= 0.3 is 0 Å². The van der Waals surface area contributed by atoms with Crippen LogP contribution in [0.4, 0.5) is 11.4 Å². The van der Waals surface area contributed by atoms with Gasteiger partial charge in [-0.25, -0.2) is 0 Å². The van der Waals surface area contributed by atoms with E-state index >= 15 is 0 Å². The SMILES string of the molecule is CC(C)CC1(CNc2ccc(I)cc2N)CCCC1. The third-order valence-electron chi connectivity index (χ3n) is 4.17. The summed E-state index contributed by atoms with van der Waals surface area (Å²) < 4.78 is 1.19. The molecule has 19 heavy (non-hydrogen) atoms. The molecule has 0 unspecified atom stereocenters. The third kappa shape index (κ3) is 4.01. The zero-order valence-corrected chi connectivity index (χ0v) is 14.2. The summed E-state index contributed by atoms with van der Waals surface area (Å²) in [4.78, 5) is 0. The summed E-state index contributed by atoms with van der Waals surface area (Å²) in [5.74, 6) is 0.772. The standard InChI is InChI=1S/C16H25IN2/c1-12(2)10-16(7-3-4-8-16)11-19-15-6-5-13(17)9-14(15)18/h5-6,9,12,19H,3-4,7-8,10-11,18H2,1-2H3. The lowest BCUT2D eigenvalue weighted by Gasteiger charge is -2.32. The fourth-order valence-corrected chi connectivity index (χ4v) is 3.94. The van der Waals surface area contributed by atoms with Crippen molar-refractivity contribution < 1.29 is 0 Å². The molecule has 0 saturated heterocycles. The van der Waals surface area contributed by atoms with E-state index in [0.717, 1.165) is 23.8 Å². The monoisotopic (exact) mass is 372 g/mol. The number of rotatable bonds is 5. The summed E-state index contributed by atoms with van der Waals surface area (Å²) in [5.41, 5.74) is 8.53. The van der Waals surface area contributed by atoms with Crippen molar-refractivity contribution in [2.24, 2.45) is 11.3 Å². The van der Waals surface area contributed by atoms with Gasteiger partial charge in [0.05, 0.1) is 11.4 Å². The minimum Gasteiger partial charge on any atom is -0.397 e. The Labute approximate surface area is 130 Å². The highest BCUT2D eigenvalue weighted by molar-refractivity contribution is 14.1. The second-order valence-corrected chi connectivity index (χ2v) is 7.64. The fourth-order valence-electron chi connectivity index (χ4n) is 3.42. The molecule has 0 aliphatic heterocycles. The number of nitrogen functional groups attached to an aromatic ring is 1. The van der Waals surface area contributed by atoms with Crippen LogP contribution < -0.4 is 11.1 Å². The lowest BCUT2D eigenvalue weighted by molar-refractivity contribution is 0.252. The van der Waals surface area contributed by atoms with E-state index in [2.05, 4.69) is 53.9 Å². The molecule has 1 aliphatic rings. The van der Waals surface area contributed by atoms with Crippen molar-refractivity contribution in [3.63, 3.8) is 0 Å². The molecule has 0 radical (unpaired) electrons. The maximum atomic E-state index is 6.08. The minimum atomic E-state index is 0.490. The van der Waals surface area contributed by atoms with Gasteiger partial charge < -0.3 is 11.1 Å². The van der Waals surface area contributed by atoms with Gasteiger partial charge in [0.15, 0.2) is 0 Å². The Bertz CT molecular complexity index is 423. The molecule has 2 nitrogen and oxygen atoms in total. The molecule has 1 aromatic rings. The van der Waals surface area contributed by atoms with E-state index in [1.54, 1.807) is 0 Å². The van der Waals surface area contributed by atoms with Crippen molar-refractivity contribution >= 4 is 34.0 Å². The third-order valence-corrected chi connectivity index (χ3v) is 4.84. The van der Waals surface area contributed by atoms with Crippen LogP contribution in [-0.2, 0) is 0 Å². The van der Waals surface area contributed by atoms with Crippen LogP contribution in [-0.4, -0.2) is 6.54 Å². The second kappa shape index (κ2) is 6.33. The molecule has 1 aromatic carbocycles. The number of anilines is 2. The Morgan fingerprint density at radius 3 is 2.58 bits per heavy atom. The summed E-state index contributed by atoms with van der Waals surface area (Å²) in [5, 5.41) is 3.60. The number of benzene rings is 1. The zero-order valence-electron chi connectivity index (χ0n) is 12.0. The van der Waals surface area contributed by atoms with Gasteiger partial charge in [-0.15, -0.1) is 0 Å². The zero-order chi connectivity index (χ0) is 13.9. The lowest BCUT2D eigenvalue weighted by atomic mass is 9.78. The predicted octanol–water partition coefficient (Wildman–Crippen LogP) is 4.89. The van der Waals surface area contributed by atoms with Gasteiger partial charge in [-0.1, -0.05) is 26.7 Å². The molecule has 0 spiro atoms. The molecule has 1 fully saturated rings. The first-order chi connectivity index (χ1) is 9.01. The Morgan fingerprint density at radius 2 is 2.00 bits per heavy atom. The van der Waals surface area contributed by atoms with E-state index in [-0.39, 0.29) is 0 Å². The summed E-state index contributed by atoms with van der Waals surface area (Å²) in [6.45, 7) is 5.73. The van der Waals surface area contributed by atoms with Gasteiger partial charge in [0.25, 0.3) is 0 Å². The van der Waals surface area contributed by atoms with Crippen molar-refractivity contribution in [2.45, 2.75) is 46.0 Å². The average Bonchev–Trinajstić information content (AvgIpc) is 2.76. The molecule has 0 bridgehead atoms. The minimum absolute atomic E-state index is 0.490. The largest absolute Gasteiger partial charge is 0.397 e. The maximum absolute atomic E-state index is 6.08. The molecule has 1 saturated carbocycles. The van der Waals surface area contributed by atoms with Crippen LogP contribution in [0.2, 0.25) is 0 Å². The smallest absolute Gasteiger partial charge is 0.0574 e. The topological polar surface area (TPSA) is 38.0 Å². The Balaban J connectivity index is 2.02. The van der Waals surface area contributed by atoms with Crippen LogP contribution in [0, 0.1) is 14.9 Å². The van der Waals surface area contributed by atoms with Gasteiger partial charge in [0.2, 0.25) is 0 Å². The Morgan fingerprint density at radius 1 is 1.32 bits per heavy atom. The van der Waals surface area contributed by atoms with Crippen molar-refractivity contribution in [1.82, 2.24) is 0 Å². The summed E-state index contributed by atoms with van der Waals surface area (Å²) in [6.07, 6.45) is 6.82. The second-order valence-electron chi connectivity index (χ2n) is 6.39. The van der Waals surface area contributed by atoms with Crippen LogP contribution in [0.1, 0.15) is 46.0 Å². The van der Waals surface area contributed by atoms with Crippen molar-refractivity contribution in [2.75, 3.05) is 17.6 Å². The van der Waals surface area contributed by atoms with Gasteiger partial charge in [-0.3, -0.25) is 0 Å². The highest BCUT2D eigenvalue weighted by Gasteiger charge is 2.34. The quantitative estimate of drug-likeness (QED) is 0.570. The molecular weight excluding hydrogens is 347 g/mol. The van der Waals surface area contributed by atoms with Crippen LogP contribution >= 0.6 is 22.6 Å². The van der Waals surface area contributed by atoms with Gasteiger partial charge in [0.1, 0.15) is 0 Å². The van der Waals surface area contributed by atoms with E-state index in [9.17, 15) is 0 Å². The Hall–Kier alpha value is -0.450. The first kappa shape index (κ1) is 14.9. The normalized spacial score (nSPS) is 17.9. The maximum Gasteiger partial charge on any atom is 0.0574 e. The number of halogens is 1. The summed E-state index contributed by atoms with van der Waals surface area (Å²) in [6, 6.07) is 6.25. The molecule has 0 atom stereocenters. The van der Waals surface area contributed by atoms with E-state index in [1.807, 2.05) is 6.07 Å². The predicted molar refractivity (Wildman–Crippen MR) is 92.4 cm³/mol. The van der Waals surface area contributed by atoms with Crippen LogP contribution in [0.25, 0.3) is 0 Å². The molecule has 1 aliphatic carbocycles. The van der Waals surface area contributed by atoms with E-state index in [4.69, 9.17) is 5.73 Å². The van der Waals surface area contributed by atoms with Crippen LogP contribution in [0.3, 0.4) is 0 Å². The van der Waals surface area contributed by atoms with E-state index < -0.39 is 0 Å². The number of nitrogens with two attached hydrogens (primary N) is 1. The number of hydrogen-bond donors (Lipinski definition) is 2. The molecule has 3 heteroatoms. The molecule has 0 aromatic heterocycles. The molecule has 0 amide bonds. The van der Waals surface area contributed by atoms with Gasteiger partial charge in [0, 0.05) is 10.1 Å². The molecule has 3 N–H and O–H groups in total. The molecule has 106 valence electrons. The molecule has 0 heterocycles. The molecular formula is C16H25IN2. The number of hydrogen-bond acceptors (Lipinski definition) is 2. The van der Waals surface area contributed by atoms with Crippen molar-refractivity contribution in [1.29, 1.82) is 0 Å². The summed E-state index contributed by atoms with van der Waals surface area (Å²) in [7, 11) is 0. The van der Waals surface area contributed by atoms with E-state index in [1.165, 1.54) is 35.7 Å². The summed E-state index contributed by atoms with van der Waals surface area (Å²) >= 11 is 2.30. The first-order valence-corrected chi connectivity index (χ1v) is 8.38. The van der Waals surface area contributed by atoms with Crippen molar-refractivity contribution in [3.05, 3.63) is 21.8 Å². The first-order valence-electron chi connectivity index (χ1n) is 7.30. The highest BCUT2D eigenvalue weighted by atomic mass is 127. The highest BCUT2D eigenvalue weighted by Crippen LogP contribution is 2.43. The number of nitrogens with one attached hydrogen (secondary N) is 1. The van der Waals surface area contributed by atoms with Crippen LogP contribution in [0.5, 0.6) is 0 Å².